The van der Waals surface area contributed by atoms with Crippen molar-refractivity contribution in [1.29, 1.82) is 0 Å². The molecule has 5 rings (SSSR count). The second kappa shape index (κ2) is 18.7. The number of aliphatic carboxylic acids is 2. The van der Waals surface area contributed by atoms with Crippen molar-refractivity contribution in [1.82, 2.24) is 9.47 Å². The molecule has 1 aliphatic rings. The fraction of sp³-hybridized carbons (Fsp3) is 0.450. The van der Waals surface area contributed by atoms with Crippen LogP contribution in [0, 0.1) is 17.8 Å². The van der Waals surface area contributed by atoms with Crippen molar-refractivity contribution >= 4 is 35.2 Å². The first-order chi connectivity index (χ1) is 23.0. The van der Waals surface area contributed by atoms with Crippen LogP contribution >= 0.6 is 12.4 Å². The maximum absolute atomic E-state index is 10.1. The first-order valence-corrected chi connectivity index (χ1v) is 17.0. The van der Waals surface area contributed by atoms with Gasteiger partial charge in [0, 0.05) is 24.0 Å². The number of hydrogen-bond acceptors (Lipinski definition) is 6. The monoisotopic (exact) mass is 710 g/mol. The molecule has 0 radical (unpaired) electrons. The van der Waals surface area contributed by atoms with Crippen LogP contribution in [0.5, 0.6) is 17.2 Å². The maximum Gasteiger partial charge on any atom is 0.308 e. The van der Waals surface area contributed by atoms with Crippen LogP contribution < -0.4 is 4.74 Å². The molecule has 0 spiro atoms. The number of benzene rings is 3. The van der Waals surface area contributed by atoms with Crippen molar-refractivity contribution in [2.24, 2.45) is 10.8 Å². The lowest BCUT2D eigenvalue weighted by molar-refractivity contribution is -0.146. The number of carbonyl (C=O) groups is 2. The number of carboxylic acids is 2. The molecule has 0 saturated carbocycles. The Morgan fingerprint density at radius 3 is 1.74 bits per heavy atom. The van der Waals surface area contributed by atoms with Crippen LogP contribution in [0.3, 0.4) is 0 Å². The Kier molecular flexibility index (Phi) is 15.7. The van der Waals surface area contributed by atoms with E-state index in [0.29, 0.717) is 6.54 Å². The van der Waals surface area contributed by atoms with E-state index in [0.717, 1.165) is 46.6 Å². The first kappa shape index (κ1) is 42.0. The molecule has 10 heteroatoms. The van der Waals surface area contributed by atoms with Gasteiger partial charge in [0.1, 0.15) is 23.9 Å². The van der Waals surface area contributed by atoms with Crippen molar-refractivity contribution in [3.63, 3.8) is 0 Å². The number of phenolic OH excluding ortho intramolecular Hbond substituents is 2. The highest BCUT2D eigenvalue weighted by Crippen LogP contribution is 2.36. The Bertz CT molecular complexity index is 1640. The maximum atomic E-state index is 10.1. The van der Waals surface area contributed by atoms with E-state index in [9.17, 15) is 19.8 Å². The number of rotatable bonds is 7. The highest BCUT2D eigenvalue weighted by atomic mass is 35.5. The van der Waals surface area contributed by atoms with Gasteiger partial charge in [0.2, 0.25) is 0 Å². The standard InChI is InChI=1S/C30H34N2O3.2C5H10O2.ClH/c1-22-28-20-26(34)12-15-29(28)32(30(22)24-8-10-25(33)11-9-24)21-23-6-13-27(14-7-23)35-19-18-31-16-4-2-3-5-17-31;2*1-5(2,3)4(6)7;/h6-15,20,33-34H,2-5,16-19,21H2,1H3;2*1-3H3,(H,6,7);1H. The van der Waals surface area contributed by atoms with E-state index < -0.39 is 22.8 Å². The number of likely N-dealkylation sites (tertiary alicyclic amines) is 1. The van der Waals surface area contributed by atoms with Gasteiger partial charge in [0.05, 0.1) is 16.5 Å². The van der Waals surface area contributed by atoms with Crippen LogP contribution in [0.4, 0.5) is 0 Å². The normalized spacial score (nSPS) is 13.5. The van der Waals surface area contributed by atoms with Crippen LogP contribution in [-0.4, -0.2) is 68.1 Å². The summed E-state index contributed by atoms with van der Waals surface area (Å²) in [5, 5.41) is 37.4. The minimum Gasteiger partial charge on any atom is -0.508 e. The molecule has 50 heavy (non-hydrogen) atoms. The van der Waals surface area contributed by atoms with E-state index in [2.05, 4.69) is 40.7 Å². The molecule has 274 valence electrons. The van der Waals surface area contributed by atoms with Crippen molar-refractivity contribution in [3.8, 4) is 28.5 Å². The summed E-state index contributed by atoms with van der Waals surface area (Å²) in [7, 11) is 0. The summed E-state index contributed by atoms with van der Waals surface area (Å²) in [5.74, 6) is -0.101. The number of aromatic nitrogens is 1. The van der Waals surface area contributed by atoms with E-state index in [1.165, 1.54) is 44.3 Å². The molecule has 3 aromatic carbocycles. The summed E-state index contributed by atoms with van der Waals surface area (Å²) >= 11 is 0. The molecule has 2 heterocycles. The van der Waals surface area contributed by atoms with Gasteiger partial charge >= 0.3 is 11.9 Å². The number of fused-ring (bicyclic) bond motifs is 1. The number of nitrogens with zero attached hydrogens (tertiary/aromatic N) is 2. The lowest BCUT2D eigenvalue weighted by atomic mass is 9.98. The summed E-state index contributed by atoms with van der Waals surface area (Å²) < 4.78 is 8.33. The molecule has 1 aromatic heterocycles. The van der Waals surface area contributed by atoms with Gasteiger partial charge in [0.15, 0.2) is 0 Å². The van der Waals surface area contributed by atoms with Gasteiger partial charge in [0.25, 0.3) is 0 Å². The number of hydrogen-bond donors (Lipinski definition) is 4. The molecule has 1 fully saturated rings. The van der Waals surface area contributed by atoms with Crippen LogP contribution in [0.15, 0.2) is 66.7 Å². The highest BCUT2D eigenvalue weighted by molar-refractivity contribution is 5.92. The van der Waals surface area contributed by atoms with Crippen LogP contribution in [-0.2, 0) is 16.1 Å². The van der Waals surface area contributed by atoms with Gasteiger partial charge in [-0.05, 0) is 146 Å². The molecule has 9 nitrogen and oxygen atoms in total. The Morgan fingerprint density at radius 2 is 1.24 bits per heavy atom. The molecule has 4 aromatic rings. The fourth-order valence-corrected chi connectivity index (χ4v) is 5.19. The zero-order valence-electron chi connectivity index (χ0n) is 30.5. The summed E-state index contributed by atoms with van der Waals surface area (Å²) in [4.78, 5) is 22.6. The minimum absolute atomic E-state index is 0. The molecule has 0 unspecified atom stereocenters. The summed E-state index contributed by atoms with van der Waals surface area (Å²) in [5.41, 5.74) is 4.30. The average Bonchev–Trinajstić information content (AvgIpc) is 3.16. The number of halogens is 1. The third-order valence-corrected chi connectivity index (χ3v) is 8.36. The largest absolute Gasteiger partial charge is 0.508 e. The zero-order valence-corrected chi connectivity index (χ0v) is 31.3. The SMILES string of the molecule is CC(C)(C)C(=O)O.CC(C)(C)C(=O)O.Cc1c(-c2ccc(O)cc2)n(Cc2ccc(OCCN3CCCCCC3)cc2)c2ccc(O)cc12.Cl. The topological polar surface area (TPSA) is 132 Å². The summed E-state index contributed by atoms with van der Waals surface area (Å²) in [6.07, 6.45) is 5.30. The Labute approximate surface area is 302 Å². The molecule has 4 N–H and O–H groups in total. The molecule has 0 aliphatic carbocycles. The Morgan fingerprint density at radius 1 is 0.740 bits per heavy atom. The molecule has 1 aliphatic heterocycles. The van der Waals surface area contributed by atoms with Crippen molar-refractivity contribution in [3.05, 3.63) is 77.9 Å². The highest BCUT2D eigenvalue weighted by Gasteiger charge is 2.20. The van der Waals surface area contributed by atoms with Crippen molar-refractivity contribution in [2.45, 2.75) is 80.7 Å². The van der Waals surface area contributed by atoms with Gasteiger partial charge in [-0.3, -0.25) is 14.5 Å². The molecule has 0 atom stereocenters. The van der Waals surface area contributed by atoms with Crippen LogP contribution in [0.25, 0.3) is 22.2 Å². The fourth-order valence-electron chi connectivity index (χ4n) is 5.19. The Hall–Kier alpha value is -4.21. The van der Waals surface area contributed by atoms with E-state index in [-0.39, 0.29) is 23.9 Å². The number of carboxylic acid groups (broad SMARTS) is 2. The van der Waals surface area contributed by atoms with Gasteiger partial charge < -0.3 is 29.7 Å². The van der Waals surface area contributed by atoms with E-state index in [1.54, 1.807) is 59.7 Å². The predicted molar refractivity (Wildman–Crippen MR) is 203 cm³/mol. The molecular formula is C40H55ClN2O7. The molecule has 1 saturated heterocycles. The van der Waals surface area contributed by atoms with Crippen LogP contribution in [0.1, 0.15) is 78.4 Å². The summed E-state index contributed by atoms with van der Waals surface area (Å²) in [6.45, 7) is 16.8. The van der Waals surface area contributed by atoms with Gasteiger partial charge in [-0.15, -0.1) is 12.4 Å². The second-order valence-corrected chi connectivity index (χ2v) is 14.7. The van der Waals surface area contributed by atoms with Crippen molar-refractivity contribution in [2.75, 3.05) is 26.2 Å². The Balaban J connectivity index is 0.000000489. The number of aromatic hydroxyl groups is 2. The predicted octanol–water partition coefficient (Wildman–Crippen LogP) is 8.99. The van der Waals surface area contributed by atoms with Gasteiger partial charge in [-0.2, -0.15) is 0 Å². The number of phenols is 2. The molecular weight excluding hydrogens is 656 g/mol. The minimum atomic E-state index is -0.757. The zero-order chi connectivity index (χ0) is 36.4. The smallest absolute Gasteiger partial charge is 0.308 e. The van der Waals surface area contributed by atoms with Gasteiger partial charge in [-0.1, -0.05) is 25.0 Å². The number of ether oxygens (including phenoxy) is 1. The third-order valence-electron chi connectivity index (χ3n) is 8.36. The lowest BCUT2D eigenvalue weighted by Crippen LogP contribution is -2.29. The second-order valence-electron chi connectivity index (χ2n) is 14.7. The number of aryl methyl sites for hydroxylation is 1. The average molecular weight is 711 g/mol. The first-order valence-electron chi connectivity index (χ1n) is 17.0. The van der Waals surface area contributed by atoms with E-state index >= 15 is 0 Å². The van der Waals surface area contributed by atoms with E-state index in [4.69, 9.17) is 14.9 Å². The van der Waals surface area contributed by atoms with Crippen LogP contribution in [0.2, 0.25) is 0 Å². The quantitative estimate of drug-likeness (QED) is 0.149. The molecule has 0 amide bonds. The lowest BCUT2D eigenvalue weighted by Gasteiger charge is -2.19. The van der Waals surface area contributed by atoms with E-state index in [1.807, 2.05) is 24.3 Å². The van der Waals surface area contributed by atoms with Crippen molar-refractivity contribution < 1.29 is 34.8 Å². The molecule has 0 bridgehead atoms. The third kappa shape index (κ3) is 12.6. The van der Waals surface area contributed by atoms with Gasteiger partial charge in [-0.25, -0.2) is 0 Å². The summed E-state index contributed by atoms with van der Waals surface area (Å²) in [6, 6.07) is 21.2.